The first kappa shape index (κ1) is 20.9. The van der Waals surface area contributed by atoms with Crippen molar-refractivity contribution in [3.05, 3.63) is 32.5 Å². The molecule has 0 spiro atoms. The van der Waals surface area contributed by atoms with Crippen molar-refractivity contribution in [1.82, 2.24) is 15.3 Å². The molecule has 2 aromatic rings. The van der Waals surface area contributed by atoms with Crippen LogP contribution in [0.25, 0.3) is 0 Å². The van der Waals surface area contributed by atoms with Crippen LogP contribution in [0.3, 0.4) is 0 Å². The number of aromatic amines is 1. The number of nitrogens with zero attached hydrogens (tertiary/aromatic N) is 2. The van der Waals surface area contributed by atoms with E-state index in [1.807, 2.05) is 0 Å². The number of hydrogen-bond acceptors (Lipinski definition) is 6. The summed E-state index contributed by atoms with van der Waals surface area (Å²) in [6, 6.07) is 0.756. The van der Waals surface area contributed by atoms with Crippen molar-refractivity contribution in [2.24, 2.45) is 0 Å². The lowest BCUT2D eigenvalue weighted by atomic mass is 10.0. The number of piperidine rings is 1. The second kappa shape index (κ2) is 8.67. The van der Waals surface area contributed by atoms with E-state index in [1.165, 1.54) is 17.4 Å². The number of nitrogens with one attached hydrogen (secondary N) is 2. The largest absolute Gasteiger partial charge is 0.462 e. The number of thiazole rings is 1. The molecule has 2 N–H and O–H groups in total. The molecule has 2 aromatic heterocycles. The van der Waals surface area contributed by atoms with Crippen LogP contribution in [0.4, 0.5) is 9.52 Å². The van der Waals surface area contributed by atoms with E-state index in [0.29, 0.717) is 28.7 Å². The van der Waals surface area contributed by atoms with Gasteiger partial charge in [0.2, 0.25) is 0 Å². The third-order valence-corrected chi connectivity index (χ3v) is 6.24. The summed E-state index contributed by atoms with van der Waals surface area (Å²) in [6.07, 6.45) is -0.906. The molecule has 152 valence electrons. The molecular formula is C17H19Cl2FN4O3S. The molecule has 2 atom stereocenters. The van der Waals surface area contributed by atoms with Crippen LogP contribution >= 0.6 is 34.5 Å². The number of hydrogen-bond donors (Lipinski definition) is 2. The van der Waals surface area contributed by atoms with Crippen molar-refractivity contribution in [2.45, 2.75) is 32.5 Å². The van der Waals surface area contributed by atoms with Gasteiger partial charge in [0.05, 0.1) is 29.9 Å². The number of anilines is 1. The normalized spacial score (nSPS) is 19.5. The summed E-state index contributed by atoms with van der Waals surface area (Å²) in [4.78, 5) is 33.4. The summed E-state index contributed by atoms with van der Waals surface area (Å²) < 4.78 is 19.7. The molecule has 3 heterocycles. The summed E-state index contributed by atoms with van der Waals surface area (Å²) in [5, 5.41) is 3.63. The zero-order valence-electron chi connectivity index (χ0n) is 15.2. The molecule has 0 saturated carbocycles. The Balaban J connectivity index is 1.63. The van der Waals surface area contributed by atoms with Gasteiger partial charge in [0.1, 0.15) is 21.9 Å². The molecule has 28 heavy (non-hydrogen) atoms. The minimum Gasteiger partial charge on any atom is -0.462 e. The van der Waals surface area contributed by atoms with Gasteiger partial charge in [0.15, 0.2) is 5.13 Å². The Morgan fingerprint density at radius 3 is 2.86 bits per heavy atom. The Bertz CT molecular complexity index is 868. The van der Waals surface area contributed by atoms with E-state index in [1.54, 1.807) is 18.7 Å². The second-order valence-corrected chi connectivity index (χ2v) is 8.07. The van der Waals surface area contributed by atoms with Crippen LogP contribution in [0.5, 0.6) is 0 Å². The molecule has 1 amide bonds. The Hall–Kier alpha value is -1.84. The topological polar surface area (TPSA) is 87.3 Å². The van der Waals surface area contributed by atoms with Crippen LogP contribution < -0.4 is 10.2 Å². The monoisotopic (exact) mass is 448 g/mol. The van der Waals surface area contributed by atoms with Crippen LogP contribution in [0, 0.1) is 6.92 Å². The summed E-state index contributed by atoms with van der Waals surface area (Å²) in [5.74, 6) is -0.893. The smallest absolute Gasteiger partial charge is 0.350 e. The van der Waals surface area contributed by atoms with Crippen molar-refractivity contribution in [3.63, 3.8) is 0 Å². The zero-order chi connectivity index (χ0) is 20.4. The minimum absolute atomic E-state index is 0.0619. The molecule has 1 saturated heterocycles. The lowest BCUT2D eigenvalue weighted by Gasteiger charge is -2.34. The summed E-state index contributed by atoms with van der Waals surface area (Å²) >= 11 is 12.8. The fourth-order valence-electron chi connectivity index (χ4n) is 2.92. The van der Waals surface area contributed by atoms with Crippen molar-refractivity contribution in [1.29, 1.82) is 0 Å². The SMILES string of the molecule is CCOC(=O)c1sc(N2CC[C@@H](NC(=O)c3cc(Cl)c(Cl)[nH]3)[C@@H](F)C2)nc1C. The molecule has 0 bridgehead atoms. The average Bonchev–Trinajstić information content (AvgIpc) is 3.19. The lowest BCUT2D eigenvalue weighted by molar-refractivity contribution is 0.0531. The van der Waals surface area contributed by atoms with Gasteiger partial charge < -0.3 is 19.9 Å². The average molecular weight is 449 g/mol. The molecule has 0 unspecified atom stereocenters. The number of carbonyl (C=O) groups excluding carboxylic acids is 2. The maximum Gasteiger partial charge on any atom is 0.350 e. The summed E-state index contributed by atoms with van der Waals surface area (Å²) in [6.45, 7) is 4.29. The predicted molar refractivity (Wildman–Crippen MR) is 107 cm³/mol. The molecule has 0 aromatic carbocycles. The van der Waals surface area contributed by atoms with Gasteiger partial charge in [-0.3, -0.25) is 4.79 Å². The molecule has 1 aliphatic heterocycles. The number of halogens is 3. The number of H-pyrrole nitrogens is 1. The third-order valence-electron chi connectivity index (χ3n) is 4.34. The zero-order valence-corrected chi connectivity index (χ0v) is 17.6. The lowest BCUT2D eigenvalue weighted by Crippen LogP contribution is -2.52. The number of carbonyl (C=O) groups is 2. The highest BCUT2D eigenvalue weighted by Crippen LogP contribution is 2.30. The van der Waals surface area contributed by atoms with Gasteiger partial charge in [-0.25, -0.2) is 14.2 Å². The highest BCUT2D eigenvalue weighted by atomic mass is 35.5. The predicted octanol–water partition coefficient (Wildman–Crippen LogP) is 3.61. The molecule has 3 rings (SSSR count). The maximum atomic E-state index is 14.7. The van der Waals surface area contributed by atoms with Crippen molar-refractivity contribution >= 4 is 51.5 Å². The number of esters is 1. The van der Waals surface area contributed by atoms with E-state index >= 15 is 0 Å². The minimum atomic E-state index is -1.30. The fourth-order valence-corrected chi connectivity index (χ4v) is 4.23. The van der Waals surface area contributed by atoms with Gasteiger partial charge >= 0.3 is 5.97 Å². The Kier molecular flexibility index (Phi) is 6.47. The van der Waals surface area contributed by atoms with Crippen LogP contribution in [0.15, 0.2) is 6.07 Å². The maximum absolute atomic E-state index is 14.7. The van der Waals surface area contributed by atoms with Crippen LogP contribution in [-0.4, -0.2) is 53.8 Å². The molecule has 1 fully saturated rings. The molecule has 11 heteroatoms. The third kappa shape index (κ3) is 4.42. The Morgan fingerprint density at radius 2 is 2.25 bits per heavy atom. The summed E-state index contributed by atoms with van der Waals surface area (Å²) in [5.41, 5.74) is 0.740. The molecular weight excluding hydrogens is 430 g/mol. The number of aromatic nitrogens is 2. The molecule has 7 nitrogen and oxygen atoms in total. The van der Waals surface area contributed by atoms with E-state index in [9.17, 15) is 14.0 Å². The highest BCUT2D eigenvalue weighted by molar-refractivity contribution is 7.17. The van der Waals surface area contributed by atoms with Gasteiger partial charge in [-0.05, 0) is 26.3 Å². The quantitative estimate of drug-likeness (QED) is 0.682. The van der Waals surface area contributed by atoms with E-state index in [-0.39, 0.29) is 29.0 Å². The van der Waals surface area contributed by atoms with Gasteiger partial charge in [-0.15, -0.1) is 0 Å². The van der Waals surface area contributed by atoms with E-state index in [0.717, 1.165) is 0 Å². The van der Waals surface area contributed by atoms with E-state index < -0.39 is 24.1 Å². The first-order valence-electron chi connectivity index (χ1n) is 8.68. The Labute approximate surface area is 175 Å². The van der Waals surface area contributed by atoms with Crippen molar-refractivity contribution in [2.75, 3.05) is 24.6 Å². The number of aryl methyl sites for hydroxylation is 1. The number of ether oxygens (including phenoxy) is 1. The van der Waals surface area contributed by atoms with Gasteiger partial charge in [-0.1, -0.05) is 34.5 Å². The van der Waals surface area contributed by atoms with Gasteiger partial charge in [-0.2, -0.15) is 0 Å². The number of amides is 1. The van der Waals surface area contributed by atoms with Gasteiger partial charge in [0.25, 0.3) is 5.91 Å². The first-order valence-corrected chi connectivity index (χ1v) is 10.3. The standard InChI is InChI=1S/C17H19Cl2FN4O3S/c1-3-27-16(26)13-8(2)21-17(28-13)24-5-4-11(10(20)7-24)23-15(25)12-6-9(18)14(19)22-12/h6,10-11,22H,3-5,7H2,1-2H3,(H,23,25)/t10-,11+/m0/s1. The fraction of sp³-hybridized carbons (Fsp3) is 0.471. The Morgan fingerprint density at radius 1 is 1.50 bits per heavy atom. The molecule has 1 aliphatic rings. The van der Waals surface area contributed by atoms with Gasteiger partial charge in [0, 0.05) is 6.54 Å². The van der Waals surface area contributed by atoms with Crippen molar-refractivity contribution in [3.8, 4) is 0 Å². The number of rotatable bonds is 5. The first-order chi connectivity index (χ1) is 13.3. The highest BCUT2D eigenvalue weighted by Gasteiger charge is 2.33. The van der Waals surface area contributed by atoms with Crippen LogP contribution in [0.1, 0.15) is 39.2 Å². The second-order valence-electron chi connectivity index (χ2n) is 6.31. The molecule has 0 radical (unpaired) electrons. The molecule has 0 aliphatic carbocycles. The number of alkyl halides is 1. The van der Waals surface area contributed by atoms with Crippen molar-refractivity contribution < 1.29 is 18.7 Å². The summed E-state index contributed by atoms with van der Waals surface area (Å²) in [7, 11) is 0. The van der Waals surface area contributed by atoms with Crippen LogP contribution in [-0.2, 0) is 4.74 Å². The van der Waals surface area contributed by atoms with E-state index in [2.05, 4.69) is 15.3 Å². The van der Waals surface area contributed by atoms with E-state index in [4.69, 9.17) is 27.9 Å². The van der Waals surface area contributed by atoms with Crippen LogP contribution in [0.2, 0.25) is 10.2 Å².